The molecule has 2 aromatic carbocycles. The number of phenolic OH excluding ortho intramolecular Hbond substituents is 1. The van der Waals surface area contributed by atoms with Crippen LogP contribution >= 0.6 is 11.5 Å². The first kappa shape index (κ1) is 27.5. The predicted octanol–water partition coefficient (Wildman–Crippen LogP) is 3.08. The minimum Gasteiger partial charge on any atom is -0.504 e. The summed E-state index contributed by atoms with van der Waals surface area (Å²) < 4.78 is 9.21. The van der Waals surface area contributed by atoms with E-state index in [1.54, 1.807) is 6.07 Å². The summed E-state index contributed by atoms with van der Waals surface area (Å²) in [4.78, 5) is 40.7. The number of amides is 3. The van der Waals surface area contributed by atoms with E-state index in [9.17, 15) is 19.5 Å². The average Bonchev–Trinajstić information content (AvgIpc) is 3.26. The number of anilines is 1. The normalized spacial score (nSPS) is 11.7. The van der Waals surface area contributed by atoms with Gasteiger partial charge in [-0.1, -0.05) is 50.2 Å². The monoisotopic (exact) mass is 525 g/mol. The van der Waals surface area contributed by atoms with Crippen molar-refractivity contribution in [2.24, 2.45) is 11.7 Å². The first-order valence-electron chi connectivity index (χ1n) is 11.7. The van der Waals surface area contributed by atoms with Crippen molar-refractivity contribution in [3.8, 4) is 11.5 Å². The lowest BCUT2D eigenvalue weighted by Gasteiger charge is -2.31. The molecule has 1 atom stereocenters. The Labute approximate surface area is 219 Å². The van der Waals surface area contributed by atoms with Crippen molar-refractivity contribution in [2.75, 3.05) is 19.4 Å². The number of nitrogens with zero attached hydrogens (tertiary/aromatic N) is 2. The fourth-order valence-corrected chi connectivity index (χ4v) is 4.50. The topological polar surface area (TPSA) is 161 Å². The Balaban J connectivity index is 2.13. The van der Waals surface area contributed by atoms with Gasteiger partial charge in [0.15, 0.2) is 17.2 Å². The van der Waals surface area contributed by atoms with Crippen LogP contribution in [0.15, 0.2) is 48.5 Å². The molecule has 0 fully saturated rings. The maximum Gasteiger partial charge on any atom is 0.270 e. The van der Waals surface area contributed by atoms with E-state index in [0.29, 0.717) is 18.0 Å². The molecule has 0 bridgehead atoms. The molecule has 3 rings (SSSR count). The zero-order valence-corrected chi connectivity index (χ0v) is 21.7. The third-order valence-corrected chi connectivity index (χ3v) is 6.56. The Kier molecular flexibility index (Phi) is 9.07. The van der Waals surface area contributed by atoms with Gasteiger partial charge in [-0.15, -0.1) is 0 Å². The van der Waals surface area contributed by atoms with Crippen molar-refractivity contribution >= 4 is 34.9 Å². The van der Waals surface area contributed by atoms with Gasteiger partial charge in [-0.25, -0.2) is 0 Å². The molecule has 0 aliphatic rings. The van der Waals surface area contributed by atoms with Gasteiger partial charge in [-0.3, -0.25) is 14.4 Å². The van der Waals surface area contributed by atoms with Gasteiger partial charge in [0, 0.05) is 13.1 Å². The summed E-state index contributed by atoms with van der Waals surface area (Å²) in [6.45, 7) is 4.55. The molecule has 196 valence electrons. The van der Waals surface area contributed by atoms with Crippen LogP contribution < -0.4 is 21.5 Å². The maximum absolute atomic E-state index is 13.9. The van der Waals surface area contributed by atoms with Crippen LogP contribution in [0.5, 0.6) is 11.5 Å². The number of nitrogens with two attached hydrogens (primary N) is 2. The van der Waals surface area contributed by atoms with E-state index >= 15 is 0 Å². The molecule has 0 saturated heterocycles. The van der Waals surface area contributed by atoms with Crippen molar-refractivity contribution in [2.45, 2.75) is 32.9 Å². The molecule has 11 heteroatoms. The molecule has 3 aromatic rings. The van der Waals surface area contributed by atoms with Crippen LogP contribution in [0.4, 0.5) is 5.69 Å². The number of methoxy groups -OCH3 is 1. The molecule has 1 heterocycles. The van der Waals surface area contributed by atoms with Crippen LogP contribution in [-0.2, 0) is 11.3 Å². The maximum atomic E-state index is 13.9. The molecule has 0 aliphatic carbocycles. The summed E-state index contributed by atoms with van der Waals surface area (Å²) in [5.41, 5.74) is 12.3. The number of hydrogen-bond acceptors (Lipinski definition) is 8. The van der Waals surface area contributed by atoms with Crippen molar-refractivity contribution in [3.05, 3.63) is 70.2 Å². The second-order valence-corrected chi connectivity index (χ2v) is 9.64. The Morgan fingerprint density at radius 1 is 1.16 bits per heavy atom. The molecule has 1 unspecified atom stereocenters. The first-order chi connectivity index (χ1) is 17.6. The van der Waals surface area contributed by atoms with Gasteiger partial charge in [-0.2, -0.15) is 4.37 Å². The van der Waals surface area contributed by atoms with Crippen LogP contribution in [0.3, 0.4) is 0 Å². The zero-order chi connectivity index (χ0) is 27.1. The van der Waals surface area contributed by atoms with E-state index in [1.807, 2.05) is 44.2 Å². The van der Waals surface area contributed by atoms with Gasteiger partial charge < -0.3 is 31.5 Å². The Morgan fingerprint density at radius 2 is 1.86 bits per heavy atom. The average molecular weight is 526 g/mol. The summed E-state index contributed by atoms with van der Waals surface area (Å²) in [6, 6.07) is 12.5. The summed E-state index contributed by atoms with van der Waals surface area (Å²) in [5, 5.41) is 13.1. The molecule has 37 heavy (non-hydrogen) atoms. The highest BCUT2D eigenvalue weighted by Crippen LogP contribution is 2.34. The largest absolute Gasteiger partial charge is 0.504 e. The first-order valence-corrected chi connectivity index (χ1v) is 12.5. The fraction of sp³-hybridized carbons (Fsp3) is 0.308. The quantitative estimate of drug-likeness (QED) is 0.299. The highest BCUT2D eigenvalue weighted by atomic mass is 32.1. The predicted molar refractivity (Wildman–Crippen MR) is 141 cm³/mol. The number of aromatic hydroxyl groups is 1. The summed E-state index contributed by atoms with van der Waals surface area (Å²) in [7, 11) is 1.40. The van der Waals surface area contributed by atoms with Gasteiger partial charge in [0.25, 0.3) is 11.8 Å². The van der Waals surface area contributed by atoms with E-state index in [0.717, 1.165) is 23.5 Å². The molecule has 0 radical (unpaired) electrons. The van der Waals surface area contributed by atoms with E-state index in [-0.39, 0.29) is 34.3 Å². The molecular formula is C26H31N5O5S. The number of hydrogen-bond donors (Lipinski definition) is 4. The number of carbonyl (C=O) groups is 3. The number of ether oxygens (including phenoxy) is 1. The SMILES string of the molecule is COc1cc(C(C(=O)NCCC(C)C)N(Cc2ccccc2)C(=O)c2snc(C(N)=O)c2N)ccc1O. The number of nitrogens with one attached hydrogen (secondary N) is 1. The van der Waals surface area contributed by atoms with Crippen LogP contribution in [0.1, 0.15) is 57.6 Å². The number of carbonyl (C=O) groups excluding carboxylic acids is 3. The smallest absolute Gasteiger partial charge is 0.270 e. The minimum atomic E-state index is -1.12. The third-order valence-electron chi connectivity index (χ3n) is 5.71. The summed E-state index contributed by atoms with van der Waals surface area (Å²) in [5.74, 6) is -1.47. The van der Waals surface area contributed by atoms with Crippen LogP contribution in [0.2, 0.25) is 0 Å². The van der Waals surface area contributed by atoms with Gasteiger partial charge in [0.2, 0.25) is 5.91 Å². The highest BCUT2D eigenvalue weighted by molar-refractivity contribution is 7.09. The Bertz CT molecular complexity index is 1260. The van der Waals surface area contributed by atoms with Crippen molar-refractivity contribution in [3.63, 3.8) is 0 Å². The van der Waals surface area contributed by atoms with E-state index < -0.39 is 23.8 Å². The molecule has 3 amide bonds. The Hall–Kier alpha value is -4.12. The number of benzene rings is 2. The van der Waals surface area contributed by atoms with E-state index in [1.165, 1.54) is 24.1 Å². The molecule has 0 spiro atoms. The third kappa shape index (κ3) is 6.56. The summed E-state index contributed by atoms with van der Waals surface area (Å²) >= 11 is 0.744. The highest BCUT2D eigenvalue weighted by Gasteiger charge is 2.35. The number of phenols is 1. The second-order valence-electron chi connectivity index (χ2n) is 8.86. The van der Waals surface area contributed by atoms with Crippen molar-refractivity contribution in [1.29, 1.82) is 0 Å². The Morgan fingerprint density at radius 3 is 2.46 bits per heavy atom. The van der Waals surface area contributed by atoms with Crippen LogP contribution in [0, 0.1) is 5.92 Å². The lowest BCUT2D eigenvalue weighted by atomic mass is 10.0. The van der Waals surface area contributed by atoms with Gasteiger partial charge in [0.1, 0.15) is 10.9 Å². The minimum absolute atomic E-state index is 0.00421. The van der Waals surface area contributed by atoms with E-state index in [2.05, 4.69) is 9.69 Å². The van der Waals surface area contributed by atoms with Crippen LogP contribution in [-0.4, -0.2) is 45.8 Å². The molecule has 0 saturated carbocycles. The van der Waals surface area contributed by atoms with Crippen molar-refractivity contribution in [1.82, 2.24) is 14.6 Å². The molecule has 1 aromatic heterocycles. The lowest BCUT2D eigenvalue weighted by Crippen LogP contribution is -2.43. The summed E-state index contributed by atoms with van der Waals surface area (Å²) in [6.07, 6.45) is 0.744. The number of nitrogen functional groups attached to an aromatic ring is 1. The van der Waals surface area contributed by atoms with Gasteiger partial charge in [0.05, 0.1) is 12.8 Å². The van der Waals surface area contributed by atoms with Crippen LogP contribution in [0.25, 0.3) is 0 Å². The zero-order valence-electron chi connectivity index (χ0n) is 20.9. The molecule has 0 aliphatic heterocycles. The lowest BCUT2D eigenvalue weighted by molar-refractivity contribution is -0.126. The van der Waals surface area contributed by atoms with Gasteiger partial charge >= 0.3 is 0 Å². The van der Waals surface area contributed by atoms with Crippen molar-refractivity contribution < 1.29 is 24.2 Å². The van der Waals surface area contributed by atoms with Gasteiger partial charge in [-0.05, 0) is 47.1 Å². The van der Waals surface area contributed by atoms with E-state index in [4.69, 9.17) is 16.2 Å². The standard InChI is InChI=1S/C26H31N5O5S/c1-15(2)11-12-29-25(34)22(17-9-10-18(32)19(13-17)36-3)31(14-16-7-5-4-6-8-16)26(35)23-20(27)21(24(28)33)30-37-23/h4-10,13,15,22,32H,11-12,14,27H2,1-3H3,(H2,28,33)(H,29,34). The second kappa shape index (κ2) is 12.2. The molecular weight excluding hydrogens is 494 g/mol. The number of rotatable bonds is 11. The number of aromatic nitrogens is 1. The molecule has 10 nitrogen and oxygen atoms in total. The number of primary amides is 1. The fourth-order valence-electron chi connectivity index (χ4n) is 3.74. The molecule has 6 N–H and O–H groups in total.